The van der Waals surface area contributed by atoms with Gasteiger partial charge in [0.2, 0.25) is 11.8 Å². The van der Waals surface area contributed by atoms with Crippen molar-refractivity contribution in [3.8, 4) is 33.8 Å². The highest BCUT2D eigenvalue weighted by molar-refractivity contribution is 5.90. The molecule has 16 nitrogen and oxygen atoms in total. The highest BCUT2D eigenvalue weighted by Gasteiger charge is 2.40. The third kappa shape index (κ3) is 8.78. The SMILES string of the molecule is CNC(=O)N[C@@H](C(=O)N1CCC[C@H]1c1ncc(-c2ccc(-c3cc4ccc(-c5cnc([C@@H]6CCCN6C(=O)[C@@H](NC(=O)OC)C6CCOCC6)[nH]5)cc4cn3)cc2)[nH]1)c1ccccc1. The van der Waals surface area contributed by atoms with Crippen molar-refractivity contribution >= 4 is 34.7 Å². The van der Waals surface area contributed by atoms with Crippen LogP contribution >= 0.6 is 0 Å². The van der Waals surface area contributed by atoms with E-state index in [1.54, 1.807) is 6.20 Å². The van der Waals surface area contributed by atoms with Crippen LogP contribution in [0.5, 0.6) is 0 Å². The predicted octanol–water partition coefficient (Wildman–Crippen LogP) is 6.83. The van der Waals surface area contributed by atoms with Crippen molar-refractivity contribution in [1.29, 1.82) is 0 Å². The number of fused-ring (bicyclic) bond motifs is 1. The molecule has 0 unspecified atom stereocenters. The first-order valence-electron chi connectivity index (χ1n) is 21.9. The number of alkyl carbamates (subject to hydrolysis) is 1. The number of urea groups is 1. The van der Waals surface area contributed by atoms with Crippen LogP contribution < -0.4 is 16.0 Å². The summed E-state index contributed by atoms with van der Waals surface area (Å²) in [7, 11) is 2.84. The van der Waals surface area contributed by atoms with Gasteiger partial charge in [0, 0.05) is 56.1 Å². The molecule has 0 aliphatic carbocycles. The summed E-state index contributed by atoms with van der Waals surface area (Å²) in [4.78, 5) is 77.5. The molecule has 5 N–H and O–H groups in total. The summed E-state index contributed by atoms with van der Waals surface area (Å²) in [5, 5.41) is 10.2. The molecule has 0 radical (unpaired) electrons. The van der Waals surface area contributed by atoms with Crippen LogP contribution in [0.1, 0.15) is 73.9 Å². The Morgan fingerprint density at radius 3 is 1.98 bits per heavy atom. The van der Waals surface area contributed by atoms with Gasteiger partial charge in [0.25, 0.3) is 0 Å². The molecule has 3 fully saturated rings. The van der Waals surface area contributed by atoms with Crippen LogP contribution in [0.25, 0.3) is 44.5 Å². The van der Waals surface area contributed by atoms with Crippen LogP contribution in [0.15, 0.2) is 97.5 Å². The number of hydrogen-bond acceptors (Lipinski definition) is 9. The summed E-state index contributed by atoms with van der Waals surface area (Å²) in [5.74, 6) is 1.09. The lowest BCUT2D eigenvalue weighted by Crippen LogP contribution is -2.53. The molecule has 5 amide bonds. The third-order valence-electron chi connectivity index (χ3n) is 12.8. The second-order valence-electron chi connectivity index (χ2n) is 16.6. The van der Waals surface area contributed by atoms with Gasteiger partial charge in [0.15, 0.2) is 0 Å². The number of pyridine rings is 1. The van der Waals surface area contributed by atoms with Gasteiger partial charge in [-0.2, -0.15) is 0 Å². The summed E-state index contributed by atoms with van der Waals surface area (Å²) in [6, 6.07) is 23.3. The molecule has 4 atom stereocenters. The Labute approximate surface area is 370 Å². The molecule has 330 valence electrons. The molecule has 3 aromatic carbocycles. The molecule has 0 saturated carbocycles. The van der Waals surface area contributed by atoms with E-state index in [0.29, 0.717) is 56.4 Å². The van der Waals surface area contributed by atoms with E-state index in [1.165, 1.54) is 14.2 Å². The van der Waals surface area contributed by atoms with E-state index < -0.39 is 24.2 Å². The Morgan fingerprint density at radius 1 is 0.703 bits per heavy atom. The molecule has 64 heavy (non-hydrogen) atoms. The van der Waals surface area contributed by atoms with Gasteiger partial charge in [-0.3, -0.25) is 14.6 Å². The Morgan fingerprint density at radius 2 is 1.33 bits per heavy atom. The maximum absolute atomic E-state index is 14.0. The van der Waals surface area contributed by atoms with Gasteiger partial charge in [-0.15, -0.1) is 0 Å². The molecule has 3 saturated heterocycles. The normalized spacial score (nSPS) is 18.7. The number of H-pyrrole nitrogens is 2. The summed E-state index contributed by atoms with van der Waals surface area (Å²) < 4.78 is 10.4. The largest absolute Gasteiger partial charge is 0.453 e. The van der Waals surface area contributed by atoms with Gasteiger partial charge >= 0.3 is 12.1 Å². The van der Waals surface area contributed by atoms with Crippen molar-refractivity contribution < 1.29 is 28.7 Å². The first-order valence-corrected chi connectivity index (χ1v) is 21.9. The third-order valence-corrected chi connectivity index (χ3v) is 12.8. The molecule has 0 bridgehead atoms. The van der Waals surface area contributed by atoms with Crippen molar-refractivity contribution in [2.75, 3.05) is 40.5 Å². The van der Waals surface area contributed by atoms with E-state index in [4.69, 9.17) is 24.4 Å². The van der Waals surface area contributed by atoms with E-state index in [9.17, 15) is 19.2 Å². The van der Waals surface area contributed by atoms with Gasteiger partial charge in [-0.25, -0.2) is 19.6 Å². The van der Waals surface area contributed by atoms with Gasteiger partial charge in [-0.1, -0.05) is 66.7 Å². The quantitative estimate of drug-likeness (QED) is 0.0927. The number of imidazole rings is 2. The summed E-state index contributed by atoms with van der Waals surface area (Å²) in [6.45, 7) is 2.26. The molecule has 3 aliphatic heterocycles. The Kier molecular flexibility index (Phi) is 12.4. The zero-order valence-electron chi connectivity index (χ0n) is 35.9. The lowest BCUT2D eigenvalue weighted by Gasteiger charge is -2.34. The maximum Gasteiger partial charge on any atom is 0.407 e. The van der Waals surface area contributed by atoms with Crippen molar-refractivity contribution in [2.24, 2.45) is 5.92 Å². The second-order valence-corrected chi connectivity index (χ2v) is 16.6. The van der Waals surface area contributed by atoms with Crippen molar-refractivity contribution in [1.82, 2.24) is 50.7 Å². The van der Waals surface area contributed by atoms with E-state index in [0.717, 1.165) is 70.2 Å². The molecule has 9 rings (SSSR count). The molecule has 6 aromatic rings. The number of carbonyl (C=O) groups excluding carboxylic acids is 4. The Hall–Kier alpha value is -7.07. The number of rotatable bonds is 11. The number of carbonyl (C=O) groups is 4. The van der Waals surface area contributed by atoms with E-state index in [2.05, 4.69) is 50.2 Å². The number of likely N-dealkylation sites (tertiary alicyclic amines) is 2. The highest BCUT2D eigenvalue weighted by Crippen LogP contribution is 2.36. The summed E-state index contributed by atoms with van der Waals surface area (Å²) >= 11 is 0. The van der Waals surface area contributed by atoms with E-state index in [-0.39, 0.29) is 29.8 Å². The lowest BCUT2D eigenvalue weighted by molar-refractivity contribution is -0.137. The zero-order chi connectivity index (χ0) is 44.2. The van der Waals surface area contributed by atoms with Crippen molar-refractivity contribution in [2.45, 2.75) is 62.7 Å². The zero-order valence-corrected chi connectivity index (χ0v) is 35.9. The first kappa shape index (κ1) is 42.2. The number of hydrogen-bond donors (Lipinski definition) is 5. The fourth-order valence-electron chi connectivity index (χ4n) is 9.32. The number of nitrogens with one attached hydrogen (secondary N) is 5. The minimum atomic E-state index is -0.825. The number of ether oxygens (including phenoxy) is 2. The molecular weight excluding hydrogens is 813 g/mol. The first-order chi connectivity index (χ1) is 31.3. The van der Waals surface area contributed by atoms with Crippen LogP contribution in [-0.2, 0) is 19.1 Å². The topological polar surface area (TPSA) is 200 Å². The fourth-order valence-corrected chi connectivity index (χ4v) is 9.32. The van der Waals surface area contributed by atoms with Crippen molar-refractivity contribution in [3.63, 3.8) is 0 Å². The van der Waals surface area contributed by atoms with Gasteiger partial charge in [-0.05, 0) is 73.1 Å². The average molecular weight is 865 g/mol. The molecular formula is C48H52N10O6. The van der Waals surface area contributed by atoms with Crippen LogP contribution in [0.3, 0.4) is 0 Å². The predicted molar refractivity (Wildman–Crippen MR) is 239 cm³/mol. The Balaban J connectivity index is 0.868. The molecule has 3 aliphatic rings. The molecule has 6 heterocycles. The Bertz CT molecular complexity index is 2620. The number of nitrogens with zero attached hydrogens (tertiary/aromatic N) is 5. The number of benzene rings is 3. The molecule has 3 aromatic heterocycles. The minimum Gasteiger partial charge on any atom is -0.453 e. The van der Waals surface area contributed by atoms with Gasteiger partial charge in [0.1, 0.15) is 23.7 Å². The van der Waals surface area contributed by atoms with Crippen LogP contribution in [0.4, 0.5) is 9.59 Å². The van der Waals surface area contributed by atoms with Crippen LogP contribution in [-0.4, -0.2) is 105 Å². The number of methoxy groups -OCH3 is 1. The minimum absolute atomic E-state index is 0.0351. The fraction of sp³-hybridized carbons (Fsp3) is 0.354. The van der Waals surface area contributed by atoms with Crippen LogP contribution in [0, 0.1) is 5.92 Å². The van der Waals surface area contributed by atoms with Crippen molar-refractivity contribution in [3.05, 3.63) is 115 Å². The van der Waals surface area contributed by atoms with Gasteiger partial charge < -0.3 is 45.2 Å². The number of aromatic amines is 2. The molecule has 16 heteroatoms. The smallest absolute Gasteiger partial charge is 0.407 e. The lowest BCUT2D eigenvalue weighted by atomic mass is 9.90. The maximum atomic E-state index is 14.0. The average Bonchev–Trinajstić information content (AvgIpc) is 4.20. The van der Waals surface area contributed by atoms with E-state index >= 15 is 0 Å². The van der Waals surface area contributed by atoms with Gasteiger partial charge in [0.05, 0.1) is 48.7 Å². The molecule has 0 spiro atoms. The van der Waals surface area contributed by atoms with E-state index in [1.807, 2.05) is 76.8 Å². The number of aromatic nitrogens is 5. The highest BCUT2D eigenvalue weighted by atomic mass is 16.5. The monoisotopic (exact) mass is 864 g/mol. The van der Waals surface area contributed by atoms with Crippen LogP contribution in [0.2, 0.25) is 0 Å². The second kappa shape index (κ2) is 18.7. The number of amides is 5. The summed E-state index contributed by atoms with van der Waals surface area (Å²) in [5.41, 5.74) is 6.10. The summed E-state index contributed by atoms with van der Waals surface area (Å²) in [6.07, 6.45) is 9.44. The standard InChI is InChI=1S/C48H52N10O6/c1-49-47(61)55-41(31-8-4-3-5-9-31)45(59)57-20-6-10-39(57)43-51-27-37(53-43)30-14-12-29(13-15-30)36-25-33-16-17-34(24-35(33)26-50-36)38-28-52-44(54-38)40-11-7-21-58(40)46(60)42(56-48(62)63-2)32-18-22-64-23-19-32/h3-5,8-9,12-17,24-28,32,39-42H,6-7,10-11,18-23H2,1-2H3,(H,51,53)(H,52,54)(H,56,62)(H2,49,55,61)/t39-,40-,41+,42-/m0/s1.